The van der Waals surface area contributed by atoms with Crippen LogP contribution < -0.4 is 4.72 Å². The van der Waals surface area contributed by atoms with E-state index in [1.165, 1.54) is 18.2 Å². The molecule has 5 nitrogen and oxygen atoms in total. The van der Waals surface area contributed by atoms with Crippen LogP contribution in [0.1, 0.15) is 48.5 Å². The summed E-state index contributed by atoms with van der Waals surface area (Å²) in [6, 6.07) is 4.15. The number of benzene rings is 1. The van der Waals surface area contributed by atoms with Gasteiger partial charge in [-0.2, -0.15) is 0 Å². The summed E-state index contributed by atoms with van der Waals surface area (Å²) in [5.41, 5.74) is 0.0986. The van der Waals surface area contributed by atoms with Crippen molar-refractivity contribution in [1.29, 1.82) is 0 Å². The summed E-state index contributed by atoms with van der Waals surface area (Å²) >= 11 is 0. The first-order valence-corrected chi connectivity index (χ1v) is 8.10. The van der Waals surface area contributed by atoms with Crippen LogP contribution in [0.4, 0.5) is 0 Å². The lowest BCUT2D eigenvalue weighted by molar-refractivity contribution is 0.0696. The van der Waals surface area contributed by atoms with Crippen LogP contribution in [0.5, 0.6) is 0 Å². The summed E-state index contributed by atoms with van der Waals surface area (Å²) < 4.78 is 27.7. The molecule has 0 aromatic heterocycles. The predicted octanol–water partition coefficient (Wildman–Crippen LogP) is 2.30. The van der Waals surface area contributed by atoms with E-state index < -0.39 is 21.5 Å². The van der Waals surface area contributed by atoms with Crippen molar-refractivity contribution in [2.45, 2.75) is 50.0 Å². The molecule has 20 heavy (non-hydrogen) atoms. The van der Waals surface area contributed by atoms with Gasteiger partial charge in [0.15, 0.2) is 0 Å². The van der Waals surface area contributed by atoms with E-state index in [0.29, 0.717) is 5.56 Å². The van der Waals surface area contributed by atoms with Gasteiger partial charge < -0.3 is 5.11 Å². The summed E-state index contributed by atoms with van der Waals surface area (Å²) in [5, 5.41) is 8.99. The van der Waals surface area contributed by atoms with E-state index in [1.807, 2.05) is 6.92 Å². The Labute approximate surface area is 119 Å². The molecule has 0 saturated heterocycles. The number of hydrogen-bond acceptors (Lipinski definition) is 3. The standard InChI is InChI=1S/C14H19NO4S/c1-10-5-6-11(13(16)17)9-12(10)20(18,19)15-14(2)7-3-4-8-14/h5-6,9,15H,3-4,7-8H2,1-2H3,(H,16,17). The molecule has 0 radical (unpaired) electrons. The lowest BCUT2D eigenvalue weighted by Gasteiger charge is -2.25. The number of rotatable bonds is 4. The van der Waals surface area contributed by atoms with E-state index in [0.717, 1.165) is 25.7 Å². The van der Waals surface area contributed by atoms with Crippen LogP contribution in [-0.4, -0.2) is 25.0 Å². The molecule has 6 heteroatoms. The molecule has 0 spiro atoms. The molecule has 1 aromatic rings. The SMILES string of the molecule is Cc1ccc(C(=O)O)cc1S(=O)(=O)NC1(C)CCCC1. The predicted molar refractivity (Wildman–Crippen MR) is 75.3 cm³/mol. The normalized spacial score (nSPS) is 18.1. The van der Waals surface area contributed by atoms with Crippen molar-refractivity contribution in [3.63, 3.8) is 0 Å². The molecule has 1 aliphatic rings. The fourth-order valence-electron chi connectivity index (χ4n) is 2.66. The van der Waals surface area contributed by atoms with E-state index in [9.17, 15) is 13.2 Å². The zero-order valence-electron chi connectivity index (χ0n) is 11.6. The number of carbonyl (C=O) groups is 1. The Bertz CT molecular complexity index is 631. The fourth-order valence-corrected chi connectivity index (χ4v) is 4.40. The van der Waals surface area contributed by atoms with E-state index in [-0.39, 0.29) is 10.5 Å². The number of aromatic carboxylic acids is 1. The Morgan fingerprint density at radius 1 is 1.30 bits per heavy atom. The van der Waals surface area contributed by atoms with Crippen molar-refractivity contribution in [3.05, 3.63) is 29.3 Å². The quantitative estimate of drug-likeness (QED) is 0.893. The number of carboxylic acid groups (broad SMARTS) is 1. The Morgan fingerprint density at radius 3 is 2.45 bits per heavy atom. The molecule has 1 aromatic carbocycles. The molecule has 0 aliphatic heterocycles. The van der Waals surface area contributed by atoms with Gasteiger partial charge in [0.05, 0.1) is 10.5 Å². The highest BCUT2D eigenvalue weighted by Gasteiger charge is 2.34. The van der Waals surface area contributed by atoms with Crippen molar-refractivity contribution in [1.82, 2.24) is 4.72 Å². The van der Waals surface area contributed by atoms with Gasteiger partial charge in [0.25, 0.3) is 0 Å². The maximum absolute atomic E-state index is 12.5. The summed E-state index contributed by atoms with van der Waals surface area (Å²) in [6.07, 6.45) is 3.63. The van der Waals surface area contributed by atoms with Gasteiger partial charge in [0.1, 0.15) is 0 Å². The van der Waals surface area contributed by atoms with Crippen LogP contribution in [-0.2, 0) is 10.0 Å². The minimum absolute atomic E-state index is 0.0208. The highest BCUT2D eigenvalue weighted by atomic mass is 32.2. The van der Waals surface area contributed by atoms with Gasteiger partial charge in [-0.05, 0) is 44.4 Å². The second-order valence-corrected chi connectivity index (χ2v) is 7.31. The molecule has 0 unspecified atom stereocenters. The Morgan fingerprint density at radius 2 is 1.90 bits per heavy atom. The number of hydrogen-bond donors (Lipinski definition) is 2. The highest BCUT2D eigenvalue weighted by Crippen LogP contribution is 2.31. The maximum atomic E-state index is 12.5. The number of nitrogens with one attached hydrogen (secondary N) is 1. The van der Waals surface area contributed by atoms with Gasteiger partial charge in [0, 0.05) is 5.54 Å². The first-order chi connectivity index (χ1) is 9.23. The van der Waals surface area contributed by atoms with Gasteiger partial charge in [-0.1, -0.05) is 18.9 Å². The van der Waals surface area contributed by atoms with E-state index >= 15 is 0 Å². The largest absolute Gasteiger partial charge is 0.478 e. The van der Waals surface area contributed by atoms with E-state index in [2.05, 4.69) is 4.72 Å². The monoisotopic (exact) mass is 297 g/mol. The summed E-state index contributed by atoms with van der Waals surface area (Å²) in [4.78, 5) is 11.0. The summed E-state index contributed by atoms with van der Waals surface area (Å²) in [7, 11) is -3.70. The van der Waals surface area contributed by atoms with Crippen LogP contribution >= 0.6 is 0 Å². The van der Waals surface area contributed by atoms with Crippen molar-refractivity contribution < 1.29 is 18.3 Å². The van der Waals surface area contributed by atoms with Crippen LogP contribution in [0, 0.1) is 6.92 Å². The van der Waals surface area contributed by atoms with Crippen molar-refractivity contribution >= 4 is 16.0 Å². The van der Waals surface area contributed by atoms with Crippen LogP contribution in [0.15, 0.2) is 23.1 Å². The zero-order valence-corrected chi connectivity index (χ0v) is 12.5. The zero-order chi connectivity index (χ0) is 15.0. The van der Waals surface area contributed by atoms with E-state index in [1.54, 1.807) is 6.92 Å². The molecule has 2 rings (SSSR count). The average molecular weight is 297 g/mol. The summed E-state index contributed by atoms with van der Waals surface area (Å²) in [6.45, 7) is 3.56. The third kappa shape index (κ3) is 3.02. The molecule has 1 fully saturated rings. The first-order valence-electron chi connectivity index (χ1n) is 6.61. The molecule has 1 aliphatic carbocycles. The van der Waals surface area contributed by atoms with Crippen LogP contribution in [0.3, 0.4) is 0 Å². The molecule has 0 bridgehead atoms. The topological polar surface area (TPSA) is 83.5 Å². The lowest BCUT2D eigenvalue weighted by atomic mass is 10.0. The Kier molecular flexibility index (Phi) is 3.88. The molecular weight excluding hydrogens is 278 g/mol. The second kappa shape index (κ2) is 5.18. The van der Waals surface area contributed by atoms with Gasteiger partial charge in [-0.15, -0.1) is 0 Å². The van der Waals surface area contributed by atoms with Crippen molar-refractivity contribution in [3.8, 4) is 0 Å². The lowest BCUT2D eigenvalue weighted by Crippen LogP contribution is -2.43. The minimum Gasteiger partial charge on any atom is -0.478 e. The van der Waals surface area contributed by atoms with Crippen molar-refractivity contribution in [2.24, 2.45) is 0 Å². The minimum atomic E-state index is -3.70. The maximum Gasteiger partial charge on any atom is 0.335 e. The molecule has 110 valence electrons. The number of carboxylic acids is 1. The molecule has 0 atom stereocenters. The first kappa shape index (κ1) is 15.0. The van der Waals surface area contributed by atoms with Crippen LogP contribution in [0.25, 0.3) is 0 Å². The van der Waals surface area contributed by atoms with Crippen molar-refractivity contribution in [2.75, 3.05) is 0 Å². The van der Waals surface area contributed by atoms with Gasteiger partial charge in [-0.3, -0.25) is 0 Å². The smallest absolute Gasteiger partial charge is 0.335 e. The highest BCUT2D eigenvalue weighted by molar-refractivity contribution is 7.89. The number of sulfonamides is 1. The van der Waals surface area contributed by atoms with Gasteiger partial charge in [-0.25, -0.2) is 17.9 Å². The molecule has 0 heterocycles. The molecular formula is C14H19NO4S. The molecule has 2 N–H and O–H groups in total. The van der Waals surface area contributed by atoms with E-state index in [4.69, 9.17) is 5.11 Å². The fraction of sp³-hybridized carbons (Fsp3) is 0.500. The van der Waals surface area contributed by atoms with Crippen LogP contribution in [0.2, 0.25) is 0 Å². The van der Waals surface area contributed by atoms with Gasteiger partial charge >= 0.3 is 5.97 Å². The number of aryl methyl sites for hydroxylation is 1. The average Bonchev–Trinajstić information content (AvgIpc) is 2.74. The third-order valence-corrected chi connectivity index (χ3v) is 5.59. The second-order valence-electron chi connectivity index (χ2n) is 5.66. The molecule has 0 amide bonds. The molecule has 1 saturated carbocycles. The third-order valence-electron chi connectivity index (χ3n) is 3.81. The van der Waals surface area contributed by atoms with Gasteiger partial charge in [0.2, 0.25) is 10.0 Å². The Balaban J connectivity index is 2.38. The summed E-state index contributed by atoms with van der Waals surface area (Å²) in [5.74, 6) is -1.13. The Hall–Kier alpha value is -1.40.